The number of alkyl halides is 1. The second kappa shape index (κ2) is 5.69. The van der Waals surface area contributed by atoms with Crippen LogP contribution in [0.5, 0.6) is 0 Å². The van der Waals surface area contributed by atoms with Crippen LogP contribution in [-0.2, 0) is 6.42 Å². The quantitative estimate of drug-likeness (QED) is 0.663. The summed E-state index contributed by atoms with van der Waals surface area (Å²) >= 11 is 9.26. The summed E-state index contributed by atoms with van der Waals surface area (Å²) in [5.74, 6) is 0.645. The van der Waals surface area contributed by atoms with Crippen molar-refractivity contribution in [1.29, 1.82) is 0 Å². The van der Waals surface area contributed by atoms with Crippen molar-refractivity contribution < 1.29 is 4.79 Å². The molecule has 3 aromatic rings. The van der Waals surface area contributed by atoms with Crippen LogP contribution in [0.2, 0.25) is 5.02 Å². The van der Waals surface area contributed by atoms with Crippen LogP contribution < -0.4 is 0 Å². The number of imidazole rings is 1. The number of nitrogens with zero attached hydrogens (tertiary/aromatic N) is 4. The van der Waals surface area contributed by atoms with Gasteiger partial charge in [-0.2, -0.15) is 0 Å². The van der Waals surface area contributed by atoms with Crippen molar-refractivity contribution in [3.63, 3.8) is 0 Å². The van der Waals surface area contributed by atoms with E-state index in [1.165, 1.54) is 0 Å². The summed E-state index contributed by atoms with van der Waals surface area (Å²) in [6, 6.07) is 5.29. The molecule has 0 spiro atoms. The Morgan fingerprint density at radius 1 is 1.29 bits per heavy atom. The molecule has 2 heterocycles. The normalized spacial score (nSPS) is 11.4. The van der Waals surface area contributed by atoms with Crippen LogP contribution in [0.25, 0.3) is 22.3 Å². The van der Waals surface area contributed by atoms with E-state index in [-0.39, 0.29) is 5.91 Å². The van der Waals surface area contributed by atoms with Crippen LogP contribution in [0.1, 0.15) is 24.0 Å². The molecule has 21 heavy (non-hydrogen) atoms. The summed E-state index contributed by atoms with van der Waals surface area (Å²) < 4.78 is 1.57. The van der Waals surface area contributed by atoms with E-state index in [0.29, 0.717) is 51.3 Å². The van der Waals surface area contributed by atoms with Gasteiger partial charge in [0.15, 0.2) is 11.3 Å². The summed E-state index contributed by atoms with van der Waals surface area (Å²) in [6.07, 6.45) is 1.03. The lowest BCUT2D eigenvalue weighted by Gasteiger charge is -2.04. The summed E-state index contributed by atoms with van der Waals surface area (Å²) in [4.78, 5) is 25.7. The largest absolute Gasteiger partial charge is 0.274 e. The maximum Gasteiger partial charge on any atom is 0.234 e. The van der Waals surface area contributed by atoms with Gasteiger partial charge in [-0.3, -0.25) is 4.79 Å². The smallest absolute Gasteiger partial charge is 0.234 e. The fraction of sp³-hybridized carbons (Fsp3) is 0.286. The molecule has 108 valence electrons. The number of carbonyl (C=O) groups is 1. The number of halogens is 2. The van der Waals surface area contributed by atoms with Gasteiger partial charge < -0.3 is 0 Å². The number of aryl methyl sites for hydroxylation is 1. The molecule has 0 aliphatic heterocycles. The molecule has 0 fully saturated rings. The van der Waals surface area contributed by atoms with Crippen LogP contribution in [0.4, 0.5) is 0 Å². The fourth-order valence-electron chi connectivity index (χ4n) is 2.22. The number of rotatable bonds is 3. The lowest BCUT2D eigenvalue weighted by Crippen LogP contribution is -2.14. The standard InChI is InChI=1S/C14H12BrClN4O/c1-2-11-19-13-14(20(11)12(21)5-6-15)18-9-4-3-8(16)7-10(9)17-13/h3-4,7H,2,5-6H2,1H3. The Morgan fingerprint density at radius 3 is 2.81 bits per heavy atom. The highest BCUT2D eigenvalue weighted by atomic mass is 79.9. The molecule has 0 radical (unpaired) electrons. The van der Waals surface area contributed by atoms with Crippen LogP contribution in [-0.4, -0.2) is 30.8 Å². The molecule has 5 nitrogen and oxygen atoms in total. The van der Waals surface area contributed by atoms with Crippen molar-refractivity contribution in [2.24, 2.45) is 0 Å². The van der Waals surface area contributed by atoms with E-state index in [1.807, 2.05) is 6.92 Å². The number of hydrogen-bond acceptors (Lipinski definition) is 4. The van der Waals surface area contributed by atoms with Gasteiger partial charge in [0.2, 0.25) is 5.91 Å². The number of hydrogen-bond donors (Lipinski definition) is 0. The predicted molar refractivity (Wildman–Crippen MR) is 86.3 cm³/mol. The Bertz CT molecular complexity index is 846. The first-order valence-corrected chi connectivity index (χ1v) is 8.07. The highest BCUT2D eigenvalue weighted by molar-refractivity contribution is 9.09. The molecule has 0 bridgehead atoms. The molecule has 0 amide bonds. The molecule has 0 atom stereocenters. The van der Waals surface area contributed by atoms with E-state index in [1.54, 1.807) is 22.8 Å². The van der Waals surface area contributed by atoms with Crippen LogP contribution in [0.3, 0.4) is 0 Å². The molecule has 0 unspecified atom stereocenters. The summed E-state index contributed by atoms with van der Waals surface area (Å²) in [6.45, 7) is 1.95. The van der Waals surface area contributed by atoms with Gasteiger partial charge in [-0.1, -0.05) is 34.5 Å². The fourth-order valence-corrected chi connectivity index (χ4v) is 2.73. The van der Waals surface area contributed by atoms with Gasteiger partial charge in [0.25, 0.3) is 0 Å². The molecule has 7 heteroatoms. The number of carbonyl (C=O) groups excluding carboxylic acids is 1. The summed E-state index contributed by atoms with van der Waals surface area (Å²) in [7, 11) is 0. The van der Waals surface area contributed by atoms with E-state index in [2.05, 4.69) is 30.9 Å². The van der Waals surface area contributed by atoms with Crippen molar-refractivity contribution in [3.05, 3.63) is 29.0 Å². The molecule has 0 aliphatic carbocycles. The molecule has 0 N–H and O–H groups in total. The Hall–Kier alpha value is -1.53. The number of aromatic nitrogens is 4. The Labute approximate surface area is 134 Å². The van der Waals surface area contributed by atoms with Crippen LogP contribution in [0, 0.1) is 0 Å². The minimum Gasteiger partial charge on any atom is -0.274 e. The zero-order valence-corrected chi connectivity index (χ0v) is 13.6. The SMILES string of the molecule is CCc1nc2nc3cc(Cl)ccc3nc2n1C(=O)CCBr. The van der Waals surface area contributed by atoms with E-state index >= 15 is 0 Å². The van der Waals surface area contributed by atoms with Gasteiger partial charge in [-0.25, -0.2) is 19.5 Å². The molecule has 0 saturated carbocycles. The Kier molecular flexibility index (Phi) is 3.91. The van der Waals surface area contributed by atoms with Crippen LogP contribution >= 0.6 is 27.5 Å². The first-order valence-electron chi connectivity index (χ1n) is 6.58. The van der Waals surface area contributed by atoms with E-state index in [0.717, 1.165) is 0 Å². The molecule has 2 aromatic heterocycles. The van der Waals surface area contributed by atoms with Crippen LogP contribution in [0.15, 0.2) is 18.2 Å². The zero-order valence-electron chi connectivity index (χ0n) is 11.3. The summed E-state index contributed by atoms with van der Waals surface area (Å²) in [5, 5.41) is 1.20. The summed E-state index contributed by atoms with van der Waals surface area (Å²) in [5.41, 5.74) is 2.36. The van der Waals surface area contributed by atoms with Crippen molar-refractivity contribution >= 4 is 55.8 Å². The maximum atomic E-state index is 12.3. The minimum absolute atomic E-state index is 0.0335. The van der Waals surface area contributed by atoms with Gasteiger partial charge in [-0.05, 0) is 18.2 Å². The second-order valence-electron chi connectivity index (χ2n) is 4.55. The number of benzene rings is 1. The van der Waals surface area contributed by atoms with Gasteiger partial charge in [0.05, 0.1) is 11.0 Å². The first kappa shape index (κ1) is 14.4. The number of fused-ring (bicyclic) bond motifs is 2. The lowest BCUT2D eigenvalue weighted by molar-refractivity contribution is 0.0911. The topological polar surface area (TPSA) is 60.7 Å². The Balaban J connectivity index is 2.30. The lowest BCUT2D eigenvalue weighted by atomic mass is 10.3. The highest BCUT2D eigenvalue weighted by Gasteiger charge is 2.18. The maximum absolute atomic E-state index is 12.3. The van der Waals surface area contributed by atoms with Gasteiger partial charge in [0.1, 0.15) is 5.82 Å². The van der Waals surface area contributed by atoms with Gasteiger partial charge in [0, 0.05) is 23.2 Å². The molecular formula is C14H12BrClN4O. The van der Waals surface area contributed by atoms with Gasteiger partial charge >= 0.3 is 0 Å². The molecule has 1 aromatic carbocycles. The molecule has 3 rings (SSSR count). The van der Waals surface area contributed by atoms with Crippen molar-refractivity contribution in [2.75, 3.05) is 5.33 Å². The van der Waals surface area contributed by atoms with Crippen molar-refractivity contribution in [1.82, 2.24) is 19.5 Å². The van der Waals surface area contributed by atoms with E-state index in [9.17, 15) is 4.79 Å². The third-order valence-corrected chi connectivity index (χ3v) is 3.80. The Morgan fingerprint density at radius 2 is 2.10 bits per heavy atom. The predicted octanol–water partition coefficient (Wildman–Crippen LogP) is 3.62. The first-order chi connectivity index (χ1) is 10.1. The zero-order chi connectivity index (χ0) is 15.0. The van der Waals surface area contributed by atoms with E-state index < -0.39 is 0 Å². The third kappa shape index (κ3) is 2.53. The molecule has 0 saturated heterocycles. The van der Waals surface area contributed by atoms with E-state index in [4.69, 9.17) is 11.6 Å². The second-order valence-corrected chi connectivity index (χ2v) is 5.78. The van der Waals surface area contributed by atoms with Gasteiger partial charge in [-0.15, -0.1) is 0 Å². The molecule has 0 aliphatic rings. The molecular weight excluding hydrogens is 356 g/mol. The highest BCUT2D eigenvalue weighted by Crippen LogP contribution is 2.21. The third-order valence-electron chi connectivity index (χ3n) is 3.17. The monoisotopic (exact) mass is 366 g/mol. The van der Waals surface area contributed by atoms with Crippen molar-refractivity contribution in [3.8, 4) is 0 Å². The minimum atomic E-state index is -0.0335. The average Bonchev–Trinajstić information content (AvgIpc) is 2.82. The van der Waals surface area contributed by atoms with Crippen molar-refractivity contribution in [2.45, 2.75) is 19.8 Å². The average molecular weight is 368 g/mol.